The highest BCUT2D eigenvalue weighted by atomic mass is 32.1. The zero-order valence-electron chi connectivity index (χ0n) is 15.0. The van der Waals surface area contributed by atoms with Crippen LogP contribution in [0.5, 0.6) is 0 Å². The van der Waals surface area contributed by atoms with Crippen LogP contribution in [0.2, 0.25) is 0 Å². The van der Waals surface area contributed by atoms with Gasteiger partial charge in [0.2, 0.25) is 10.9 Å². The van der Waals surface area contributed by atoms with E-state index in [4.69, 9.17) is 4.42 Å². The van der Waals surface area contributed by atoms with Gasteiger partial charge in [0.15, 0.2) is 0 Å². The molecule has 1 atom stereocenters. The lowest BCUT2D eigenvalue weighted by Crippen LogP contribution is -2.32. The van der Waals surface area contributed by atoms with Gasteiger partial charge in [-0.2, -0.15) is 5.10 Å². The van der Waals surface area contributed by atoms with Crippen molar-refractivity contribution in [1.29, 1.82) is 0 Å². The lowest BCUT2D eigenvalue weighted by atomic mass is 9.93. The first-order valence-electron chi connectivity index (χ1n) is 8.83. The standard InChI is InChI=1S/C20H20N4O2S/c1-14-4-6-15(7-5-14)18(11-17-3-2-10-26-17)19(25)21-9-8-16-12-27-20-22-13-23-24(16)20/h2-7,10,12-13,18H,8-9,11H2,1H3,(H,21,25). The highest BCUT2D eigenvalue weighted by molar-refractivity contribution is 7.15. The van der Waals surface area contributed by atoms with Crippen LogP contribution >= 0.6 is 11.3 Å². The van der Waals surface area contributed by atoms with E-state index in [0.29, 0.717) is 19.4 Å². The minimum absolute atomic E-state index is 0.000293. The Balaban J connectivity index is 1.44. The third-order valence-corrected chi connectivity index (χ3v) is 5.43. The van der Waals surface area contributed by atoms with Gasteiger partial charge in [0.05, 0.1) is 17.9 Å². The number of hydrogen-bond acceptors (Lipinski definition) is 5. The molecule has 0 fully saturated rings. The summed E-state index contributed by atoms with van der Waals surface area (Å²) in [4.78, 5) is 18.0. The van der Waals surface area contributed by atoms with Crippen molar-refractivity contribution in [3.63, 3.8) is 0 Å². The summed E-state index contributed by atoms with van der Waals surface area (Å²) in [5, 5.41) is 9.30. The molecule has 4 aromatic rings. The van der Waals surface area contributed by atoms with Crippen LogP contribution in [0.15, 0.2) is 58.8 Å². The maximum atomic E-state index is 12.9. The third-order valence-electron chi connectivity index (χ3n) is 4.55. The molecule has 1 unspecified atom stereocenters. The number of aromatic nitrogens is 3. The summed E-state index contributed by atoms with van der Waals surface area (Å²) in [6, 6.07) is 11.8. The lowest BCUT2D eigenvalue weighted by molar-refractivity contribution is -0.122. The molecular weight excluding hydrogens is 360 g/mol. The summed E-state index contributed by atoms with van der Waals surface area (Å²) in [5.74, 6) is 0.517. The van der Waals surface area contributed by atoms with E-state index in [1.54, 1.807) is 23.9 Å². The van der Waals surface area contributed by atoms with E-state index in [2.05, 4.69) is 15.4 Å². The summed E-state index contributed by atoms with van der Waals surface area (Å²) < 4.78 is 7.28. The molecule has 4 rings (SSSR count). The maximum absolute atomic E-state index is 12.9. The summed E-state index contributed by atoms with van der Waals surface area (Å²) in [5.41, 5.74) is 3.21. The number of nitrogens with zero attached hydrogens (tertiary/aromatic N) is 3. The Bertz CT molecular complexity index is 1020. The second kappa shape index (κ2) is 7.75. The Morgan fingerprint density at radius 1 is 1.30 bits per heavy atom. The minimum atomic E-state index is -0.286. The number of aryl methyl sites for hydroxylation is 1. The fourth-order valence-corrected chi connectivity index (χ4v) is 3.90. The van der Waals surface area contributed by atoms with E-state index in [-0.39, 0.29) is 11.8 Å². The van der Waals surface area contributed by atoms with E-state index < -0.39 is 0 Å². The zero-order valence-corrected chi connectivity index (χ0v) is 15.8. The number of nitrogens with one attached hydrogen (secondary N) is 1. The van der Waals surface area contributed by atoms with Crippen LogP contribution in [-0.4, -0.2) is 27.0 Å². The third kappa shape index (κ3) is 3.93. The quantitative estimate of drug-likeness (QED) is 0.533. The maximum Gasteiger partial charge on any atom is 0.228 e. The Morgan fingerprint density at radius 2 is 2.15 bits per heavy atom. The molecule has 1 aromatic carbocycles. The SMILES string of the molecule is Cc1ccc(C(Cc2ccco2)C(=O)NCCc2csc3ncnn23)cc1. The number of hydrogen-bond donors (Lipinski definition) is 1. The van der Waals surface area contributed by atoms with Crippen molar-refractivity contribution in [2.45, 2.75) is 25.7 Å². The number of carbonyl (C=O) groups is 1. The molecule has 6 nitrogen and oxygen atoms in total. The van der Waals surface area contributed by atoms with Gasteiger partial charge in [-0.1, -0.05) is 29.8 Å². The Morgan fingerprint density at radius 3 is 2.93 bits per heavy atom. The summed E-state index contributed by atoms with van der Waals surface area (Å²) in [6.07, 6.45) is 4.42. The van der Waals surface area contributed by atoms with Crippen molar-refractivity contribution in [2.24, 2.45) is 0 Å². The topological polar surface area (TPSA) is 72.4 Å². The molecule has 1 amide bonds. The normalized spacial score (nSPS) is 12.3. The molecule has 0 saturated carbocycles. The van der Waals surface area contributed by atoms with Gasteiger partial charge in [-0.3, -0.25) is 4.79 Å². The monoisotopic (exact) mass is 380 g/mol. The molecule has 1 N–H and O–H groups in total. The first-order chi connectivity index (χ1) is 13.2. The fraction of sp³-hybridized carbons (Fsp3) is 0.250. The molecular formula is C20H20N4O2S. The van der Waals surface area contributed by atoms with Crippen LogP contribution in [0.25, 0.3) is 4.96 Å². The van der Waals surface area contributed by atoms with Gasteiger partial charge in [0.25, 0.3) is 0 Å². The highest BCUT2D eigenvalue weighted by Crippen LogP contribution is 2.22. The Labute approximate surface area is 160 Å². The molecule has 0 aliphatic heterocycles. The smallest absolute Gasteiger partial charge is 0.228 e. The first-order valence-corrected chi connectivity index (χ1v) is 9.71. The van der Waals surface area contributed by atoms with E-state index >= 15 is 0 Å². The van der Waals surface area contributed by atoms with Gasteiger partial charge in [-0.05, 0) is 24.6 Å². The predicted molar refractivity (Wildman–Crippen MR) is 104 cm³/mol. The number of furan rings is 1. The van der Waals surface area contributed by atoms with Gasteiger partial charge >= 0.3 is 0 Å². The summed E-state index contributed by atoms with van der Waals surface area (Å²) >= 11 is 1.55. The van der Waals surface area contributed by atoms with E-state index in [9.17, 15) is 4.79 Å². The van der Waals surface area contributed by atoms with Gasteiger partial charge in [0.1, 0.15) is 12.1 Å². The molecule has 7 heteroatoms. The molecule has 0 aliphatic carbocycles. The average molecular weight is 380 g/mol. The van der Waals surface area contributed by atoms with Crippen LogP contribution in [0.1, 0.15) is 28.5 Å². The number of thiazole rings is 1. The Kier molecular flexibility index (Phi) is 5.02. The van der Waals surface area contributed by atoms with E-state index in [1.165, 1.54) is 5.56 Å². The minimum Gasteiger partial charge on any atom is -0.469 e. The molecule has 0 bridgehead atoms. The van der Waals surface area contributed by atoms with Crippen LogP contribution in [0.4, 0.5) is 0 Å². The zero-order chi connectivity index (χ0) is 18.6. The van der Waals surface area contributed by atoms with Crippen molar-refractivity contribution in [2.75, 3.05) is 6.54 Å². The fourth-order valence-electron chi connectivity index (χ4n) is 3.07. The van der Waals surface area contributed by atoms with Crippen LogP contribution in [0, 0.1) is 6.92 Å². The van der Waals surface area contributed by atoms with Crippen molar-refractivity contribution in [1.82, 2.24) is 19.9 Å². The molecule has 3 heterocycles. The number of amides is 1. The Hall–Kier alpha value is -2.93. The lowest BCUT2D eigenvalue weighted by Gasteiger charge is -2.16. The second-order valence-electron chi connectivity index (χ2n) is 6.47. The second-order valence-corrected chi connectivity index (χ2v) is 7.31. The molecule has 138 valence electrons. The molecule has 27 heavy (non-hydrogen) atoms. The van der Waals surface area contributed by atoms with Crippen molar-refractivity contribution in [3.05, 3.63) is 76.9 Å². The summed E-state index contributed by atoms with van der Waals surface area (Å²) in [7, 11) is 0. The average Bonchev–Trinajstić information content (AvgIpc) is 3.40. The van der Waals surface area contributed by atoms with Crippen LogP contribution < -0.4 is 5.32 Å². The highest BCUT2D eigenvalue weighted by Gasteiger charge is 2.22. The van der Waals surface area contributed by atoms with E-state index in [1.807, 2.05) is 53.2 Å². The van der Waals surface area contributed by atoms with Gasteiger partial charge in [-0.15, -0.1) is 11.3 Å². The van der Waals surface area contributed by atoms with Crippen molar-refractivity contribution >= 4 is 22.2 Å². The molecule has 0 radical (unpaired) electrons. The predicted octanol–water partition coefficient (Wildman–Crippen LogP) is 3.38. The number of carbonyl (C=O) groups excluding carboxylic acids is 1. The van der Waals surface area contributed by atoms with Crippen LogP contribution in [0.3, 0.4) is 0 Å². The summed E-state index contributed by atoms with van der Waals surface area (Å²) in [6.45, 7) is 2.59. The van der Waals surface area contributed by atoms with Gasteiger partial charge < -0.3 is 9.73 Å². The number of rotatable bonds is 7. The molecule has 0 spiro atoms. The number of fused-ring (bicyclic) bond motifs is 1. The van der Waals surface area contributed by atoms with Crippen LogP contribution in [-0.2, 0) is 17.6 Å². The molecule has 0 saturated heterocycles. The molecule has 0 aliphatic rings. The van der Waals surface area contributed by atoms with Crippen molar-refractivity contribution in [3.8, 4) is 0 Å². The van der Waals surface area contributed by atoms with Gasteiger partial charge in [-0.25, -0.2) is 9.50 Å². The van der Waals surface area contributed by atoms with E-state index in [0.717, 1.165) is 22.0 Å². The molecule has 3 aromatic heterocycles. The van der Waals surface area contributed by atoms with Gasteiger partial charge in [0, 0.05) is 24.8 Å². The first kappa shape index (κ1) is 17.5. The largest absolute Gasteiger partial charge is 0.469 e. The van der Waals surface area contributed by atoms with Crippen molar-refractivity contribution < 1.29 is 9.21 Å². The number of benzene rings is 1.